The van der Waals surface area contributed by atoms with Gasteiger partial charge in [-0.1, -0.05) is 32.1 Å². The van der Waals surface area contributed by atoms with Crippen LogP contribution >= 0.6 is 0 Å². The van der Waals surface area contributed by atoms with Gasteiger partial charge in [-0.05, 0) is 39.8 Å². The number of imidazole rings is 1. The summed E-state index contributed by atoms with van der Waals surface area (Å²) in [6.45, 7) is 1.02. The van der Waals surface area contributed by atoms with E-state index in [-0.39, 0.29) is 0 Å². The average molecular weight is 290 g/mol. The largest absolute Gasteiger partial charge is 0.354 e. The standard InChI is InChI=1S/C17H30N4/c1-20(2)17(10-6-7-11-17)14-19-16-18-12-13-21(16)15-8-4-3-5-9-15/h12-13,15H,3-11,14H2,1-2H3,(H,18,19). The third kappa shape index (κ3) is 3.10. The fraction of sp³-hybridized carbons (Fsp3) is 0.824. The minimum Gasteiger partial charge on any atom is -0.354 e. The molecule has 4 nitrogen and oxygen atoms in total. The summed E-state index contributed by atoms with van der Waals surface area (Å²) >= 11 is 0. The second kappa shape index (κ2) is 6.39. The van der Waals surface area contributed by atoms with E-state index in [1.165, 1.54) is 57.8 Å². The Hall–Kier alpha value is -1.03. The number of nitrogens with one attached hydrogen (secondary N) is 1. The lowest BCUT2D eigenvalue weighted by molar-refractivity contribution is 0.171. The third-order valence-corrected chi connectivity index (χ3v) is 5.70. The molecule has 0 radical (unpaired) electrons. The zero-order valence-electron chi connectivity index (χ0n) is 13.6. The predicted molar refractivity (Wildman–Crippen MR) is 87.7 cm³/mol. The van der Waals surface area contributed by atoms with Crippen molar-refractivity contribution in [1.29, 1.82) is 0 Å². The van der Waals surface area contributed by atoms with Crippen molar-refractivity contribution in [2.75, 3.05) is 26.0 Å². The van der Waals surface area contributed by atoms with Gasteiger partial charge in [-0.25, -0.2) is 4.98 Å². The van der Waals surface area contributed by atoms with Crippen LogP contribution in [0.1, 0.15) is 63.8 Å². The van der Waals surface area contributed by atoms with Crippen LogP contribution in [0.3, 0.4) is 0 Å². The van der Waals surface area contributed by atoms with Crippen LogP contribution in [0, 0.1) is 0 Å². The van der Waals surface area contributed by atoms with E-state index in [4.69, 9.17) is 0 Å². The Labute approximate surface area is 128 Å². The van der Waals surface area contributed by atoms with Gasteiger partial charge in [0.05, 0.1) is 0 Å². The molecule has 0 aliphatic heterocycles. The molecule has 2 aliphatic carbocycles. The maximum absolute atomic E-state index is 4.58. The van der Waals surface area contributed by atoms with E-state index in [2.05, 4.69) is 40.1 Å². The number of hydrogen-bond donors (Lipinski definition) is 1. The van der Waals surface area contributed by atoms with Crippen molar-refractivity contribution in [1.82, 2.24) is 14.5 Å². The van der Waals surface area contributed by atoms with E-state index in [9.17, 15) is 0 Å². The molecule has 21 heavy (non-hydrogen) atoms. The Morgan fingerprint density at radius 3 is 2.57 bits per heavy atom. The number of aromatic nitrogens is 2. The van der Waals surface area contributed by atoms with Crippen molar-refractivity contribution in [2.45, 2.75) is 69.4 Å². The topological polar surface area (TPSA) is 33.1 Å². The van der Waals surface area contributed by atoms with Gasteiger partial charge in [0.15, 0.2) is 0 Å². The summed E-state index contributed by atoms with van der Waals surface area (Å²) in [7, 11) is 4.45. The van der Waals surface area contributed by atoms with Crippen LogP contribution in [0.15, 0.2) is 12.4 Å². The summed E-state index contributed by atoms with van der Waals surface area (Å²) in [5.41, 5.74) is 0.323. The fourth-order valence-electron chi connectivity index (χ4n) is 4.16. The molecule has 4 heteroatoms. The van der Waals surface area contributed by atoms with Crippen LogP contribution in [0.5, 0.6) is 0 Å². The maximum Gasteiger partial charge on any atom is 0.203 e. The molecular weight excluding hydrogens is 260 g/mol. The van der Waals surface area contributed by atoms with Crippen molar-refractivity contribution in [2.24, 2.45) is 0 Å². The summed E-state index contributed by atoms with van der Waals surface area (Å²) in [5, 5.41) is 3.66. The quantitative estimate of drug-likeness (QED) is 0.898. The Bertz CT molecular complexity index is 439. The SMILES string of the molecule is CN(C)C1(CNc2nccn2C2CCCCC2)CCCC1. The second-order valence-corrected chi connectivity index (χ2v) is 7.13. The molecule has 0 unspecified atom stereocenters. The fourth-order valence-corrected chi connectivity index (χ4v) is 4.16. The minimum absolute atomic E-state index is 0.323. The highest BCUT2D eigenvalue weighted by Gasteiger charge is 2.36. The lowest BCUT2D eigenvalue weighted by atomic mass is 9.95. The molecule has 0 saturated heterocycles. The summed E-state index contributed by atoms with van der Waals surface area (Å²) in [6, 6.07) is 0.655. The van der Waals surface area contributed by atoms with Crippen LogP contribution in [0.4, 0.5) is 5.95 Å². The molecule has 0 bridgehead atoms. The Morgan fingerprint density at radius 1 is 1.19 bits per heavy atom. The molecule has 0 spiro atoms. The van der Waals surface area contributed by atoms with E-state index < -0.39 is 0 Å². The highest BCUT2D eigenvalue weighted by molar-refractivity contribution is 5.28. The van der Waals surface area contributed by atoms with E-state index >= 15 is 0 Å². The molecule has 0 aromatic carbocycles. The smallest absolute Gasteiger partial charge is 0.203 e. The first-order chi connectivity index (χ1) is 10.2. The molecule has 2 aliphatic rings. The Morgan fingerprint density at radius 2 is 1.90 bits per heavy atom. The van der Waals surface area contributed by atoms with Crippen LogP contribution in [-0.4, -0.2) is 40.6 Å². The summed E-state index contributed by atoms with van der Waals surface area (Å²) in [4.78, 5) is 6.99. The minimum atomic E-state index is 0.323. The van der Waals surface area contributed by atoms with Crippen LogP contribution in [-0.2, 0) is 0 Å². The lowest BCUT2D eigenvalue weighted by Crippen LogP contribution is -2.47. The molecule has 1 aromatic rings. The zero-order valence-corrected chi connectivity index (χ0v) is 13.6. The van der Waals surface area contributed by atoms with Gasteiger partial charge in [-0.15, -0.1) is 0 Å². The lowest BCUT2D eigenvalue weighted by Gasteiger charge is -2.37. The van der Waals surface area contributed by atoms with E-state index in [1.807, 2.05) is 6.20 Å². The average Bonchev–Trinajstić information content (AvgIpc) is 3.16. The number of nitrogens with zero attached hydrogens (tertiary/aromatic N) is 3. The van der Waals surface area contributed by atoms with E-state index in [1.54, 1.807) is 0 Å². The van der Waals surface area contributed by atoms with Crippen molar-refractivity contribution >= 4 is 5.95 Å². The van der Waals surface area contributed by atoms with Gasteiger partial charge in [0.2, 0.25) is 5.95 Å². The maximum atomic E-state index is 4.58. The second-order valence-electron chi connectivity index (χ2n) is 7.13. The number of anilines is 1. The van der Waals surface area contributed by atoms with Crippen LogP contribution in [0.25, 0.3) is 0 Å². The first-order valence-corrected chi connectivity index (χ1v) is 8.65. The molecule has 2 saturated carbocycles. The van der Waals surface area contributed by atoms with Gasteiger partial charge in [-0.3, -0.25) is 0 Å². The predicted octanol–water partition coefficient (Wildman–Crippen LogP) is 3.67. The Balaban J connectivity index is 1.66. The number of rotatable bonds is 5. The van der Waals surface area contributed by atoms with Crippen LogP contribution < -0.4 is 5.32 Å². The monoisotopic (exact) mass is 290 g/mol. The molecule has 1 heterocycles. The highest BCUT2D eigenvalue weighted by atomic mass is 15.2. The third-order valence-electron chi connectivity index (χ3n) is 5.70. The van der Waals surface area contributed by atoms with Crippen molar-refractivity contribution < 1.29 is 0 Å². The number of hydrogen-bond acceptors (Lipinski definition) is 3. The van der Waals surface area contributed by atoms with Gasteiger partial charge >= 0.3 is 0 Å². The molecule has 1 aromatic heterocycles. The summed E-state index contributed by atoms with van der Waals surface area (Å²) < 4.78 is 2.39. The first kappa shape index (κ1) is 14.9. The molecule has 3 rings (SSSR count). The highest BCUT2D eigenvalue weighted by Crippen LogP contribution is 2.35. The summed E-state index contributed by atoms with van der Waals surface area (Å²) in [5.74, 6) is 1.08. The zero-order chi connectivity index (χ0) is 14.7. The summed E-state index contributed by atoms with van der Waals surface area (Å²) in [6.07, 6.45) is 16.2. The van der Waals surface area contributed by atoms with Gasteiger partial charge in [0.1, 0.15) is 0 Å². The van der Waals surface area contributed by atoms with Gasteiger partial charge in [0.25, 0.3) is 0 Å². The molecular formula is C17H30N4. The normalized spacial score (nSPS) is 22.8. The molecule has 0 amide bonds. The van der Waals surface area contributed by atoms with Crippen molar-refractivity contribution in [3.8, 4) is 0 Å². The van der Waals surface area contributed by atoms with Crippen molar-refractivity contribution in [3.63, 3.8) is 0 Å². The number of likely N-dealkylation sites (N-methyl/N-ethyl adjacent to an activating group) is 1. The first-order valence-electron chi connectivity index (χ1n) is 8.65. The molecule has 118 valence electrons. The Kier molecular flexibility index (Phi) is 4.53. The van der Waals surface area contributed by atoms with Crippen molar-refractivity contribution in [3.05, 3.63) is 12.4 Å². The van der Waals surface area contributed by atoms with E-state index in [0.717, 1.165) is 12.5 Å². The van der Waals surface area contributed by atoms with E-state index in [0.29, 0.717) is 11.6 Å². The van der Waals surface area contributed by atoms with Gasteiger partial charge in [-0.2, -0.15) is 0 Å². The van der Waals surface area contributed by atoms with Crippen LogP contribution in [0.2, 0.25) is 0 Å². The molecule has 1 N–H and O–H groups in total. The van der Waals surface area contributed by atoms with Gasteiger partial charge < -0.3 is 14.8 Å². The molecule has 0 atom stereocenters. The van der Waals surface area contributed by atoms with Gasteiger partial charge in [0, 0.05) is 30.5 Å². The molecule has 2 fully saturated rings.